The van der Waals surface area contributed by atoms with Gasteiger partial charge in [-0.05, 0) is 60.0 Å². The van der Waals surface area contributed by atoms with Crippen LogP contribution in [0.15, 0.2) is 106 Å². The quantitative estimate of drug-likeness (QED) is 0.209. The summed E-state index contributed by atoms with van der Waals surface area (Å²) in [6, 6.07) is 29.3. The number of amides is 1. The highest BCUT2D eigenvalue weighted by Gasteiger charge is 2.43. The minimum absolute atomic E-state index is 0.0644. The molecule has 41 heavy (non-hydrogen) atoms. The lowest BCUT2D eigenvalue weighted by molar-refractivity contribution is 0.0714. The van der Waals surface area contributed by atoms with Crippen molar-refractivity contribution in [3.8, 4) is 17.2 Å². The SMILES string of the molecule is CCOc1cc(C2c3c(oc4ccccc4c3=O)C(=O)N2Cc2ccc(OC)cc2)ccc1OCc1ccccc1. The van der Waals surface area contributed by atoms with E-state index in [2.05, 4.69) is 0 Å². The molecule has 0 saturated heterocycles. The predicted molar refractivity (Wildman–Crippen MR) is 156 cm³/mol. The molecule has 206 valence electrons. The molecule has 0 radical (unpaired) electrons. The number of benzene rings is 4. The van der Waals surface area contributed by atoms with E-state index in [1.807, 2.05) is 79.7 Å². The first-order valence-corrected chi connectivity index (χ1v) is 13.5. The zero-order valence-corrected chi connectivity index (χ0v) is 22.8. The maximum Gasteiger partial charge on any atom is 0.291 e. The van der Waals surface area contributed by atoms with Gasteiger partial charge >= 0.3 is 0 Å². The molecule has 1 aliphatic heterocycles. The summed E-state index contributed by atoms with van der Waals surface area (Å²) in [5.74, 6) is 1.56. The Morgan fingerprint density at radius 2 is 1.56 bits per heavy atom. The second-order valence-electron chi connectivity index (χ2n) is 9.77. The van der Waals surface area contributed by atoms with Crippen LogP contribution in [0.5, 0.6) is 17.2 Å². The van der Waals surface area contributed by atoms with Crippen LogP contribution < -0.4 is 19.6 Å². The van der Waals surface area contributed by atoms with Gasteiger partial charge in [-0.3, -0.25) is 9.59 Å². The molecule has 6 rings (SSSR count). The van der Waals surface area contributed by atoms with Crippen molar-refractivity contribution in [2.24, 2.45) is 0 Å². The van der Waals surface area contributed by atoms with Gasteiger partial charge < -0.3 is 23.5 Å². The van der Waals surface area contributed by atoms with Crippen LogP contribution in [0, 0.1) is 0 Å². The zero-order valence-electron chi connectivity index (χ0n) is 22.8. The maximum atomic E-state index is 13.9. The molecule has 1 atom stereocenters. The molecule has 5 aromatic rings. The number of rotatable bonds is 9. The lowest BCUT2D eigenvalue weighted by atomic mass is 9.97. The average molecular weight is 548 g/mol. The first kappa shape index (κ1) is 26.2. The van der Waals surface area contributed by atoms with Crippen LogP contribution in [0.3, 0.4) is 0 Å². The smallest absolute Gasteiger partial charge is 0.291 e. The van der Waals surface area contributed by atoms with E-state index >= 15 is 0 Å². The summed E-state index contributed by atoms with van der Waals surface area (Å²) in [5, 5.41) is 0.434. The molecule has 1 aliphatic rings. The van der Waals surface area contributed by atoms with Crippen molar-refractivity contribution < 1.29 is 23.4 Å². The second kappa shape index (κ2) is 11.2. The molecule has 0 spiro atoms. The third-order valence-corrected chi connectivity index (χ3v) is 7.21. The average Bonchev–Trinajstić information content (AvgIpc) is 3.28. The zero-order chi connectivity index (χ0) is 28.3. The van der Waals surface area contributed by atoms with Gasteiger partial charge in [0.05, 0.1) is 30.7 Å². The van der Waals surface area contributed by atoms with E-state index in [0.29, 0.717) is 41.2 Å². The number of fused-ring (bicyclic) bond motifs is 2. The number of para-hydroxylation sites is 1. The van der Waals surface area contributed by atoms with E-state index in [1.165, 1.54) is 0 Å². The summed E-state index contributed by atoms with van der Waals surface area (Å²) in [4.78, 5) is 29.4. The Balaban J connectivity index is 1.44. The standard InChI is InChI=1S/C34H29NO6/c1-3-39-29-19-24(15-18-28(29)40-21-23-9-5-4-6-10-23)31-30-32(36)26-11-7-8-12-27(26)41-33(30)34(37)35(31)20-22-13-16-25(38-2)17-14-22/h4-19,31H,3,20-21H2,1-2H3. The molecule has 0 N–H and O–H groups in total. The van der Waals surface area contributed by atoms with Crippen molar-refractivity contribution in [2.45, 2.75) is 26.1 Å². The molecule has 0 saturated carbocycles. The monoisotopic (exact) mass is 547 g/mol. The van der Waals surface area contributed by atoms with E-state index in [1.54, 1.807) is 36.3 Å². The van der Waals surface area contributed by atoms with E-state index in [0.717, 1.165) is 22.4 Å². The van der Waals surface area contributed by atoms with Crippen molar-refractivity contribution in [1.82, 2.24) is 4.90 Å². The van der Waals surface area contributed by atoms with Crippen LogP contribution in [0.25, 0.3) is 11.0 Å². The van der Waals surface area contributed by atoms with E-state index in [9.17, 15) is 9.59 Å². The number of hydrogen-bond donors (Lipinski definition) is 0. The number of carbonyl (C=O) groups excluding carboxylic acids is 1. The van der Waals surface area contributed by atoms with Gasteiger partial charge in [0.1, 0.15) is 17.9 Å². The first-order valence-electron chi connectivity index (χ1n) is 13.5. The van der Waals surface area contributed by atoms with E-state index in [-0.39, 0.29) is 23.6 Å². The van der Waals surface area contributed by atoms with Crippen molar-refractivity contribution in [3.63, 3.8) is 0 Å². The number of hydrogen-bond acceptors (Lipinski definition) is 6. The molecule has 1 aromatic heterocycles. The van der Waals surface area contributed by atoms with Gasteiger partial charge in [-0.25, -0.2) is 0 Å². The van der Waals surface area contributed by atoms with Crippen LogP contribution in [-0.2, 0) is 13.2 Å². The third-order valence-electron chi connectivity index (χ3n) is 7.21. The van der Waals surface area contributed by atoms with Gasteiger partial charge in [-0.1, -0.05) is 60.7 Å². The number of nitrogens with zero attached hydrogens (tertiary/aromatic N) is 1. The minimum Gasteiger partial charge on any atom is -0.497 e. The number of methoxy groups -OCH3 is 1. The van der Waals surface area contributed by atoms with Gasteiger partial charge in [0, 0.05) is 6.54 Å². The van der Waals surface area contributed by atoms with E-state index < -0.39 is 6.04 Å². The molecular weight excluding hydrogens is 518 g/mol. The Morgan fingerprint density at radius 1 is 0.805 bits per heavy atom. The Labute approximate surface area is 237 Å². The lowest BCUT2D eigenvalue weighted by Gasteiger charge is -2.26. The molecule has 1 unspecified atom stereocenters. The Hall–Kier alpha value is -5.04. The predicted octanol–water partition coefficient (Wildman–Crippen LogP) is 6.52. The van der Waals surface area contributed by atoms with Gasteiger partial charge in [0.25, 0.3) is 5.91 Å². The van der Waals surface area contributed by atoms with Gasteiger partial charge in [-0.15, -0.1) is 0 Å². The Kier molecular flexibility index (Phi) is 7.17. The van der Waals surface area contributed by atoms with Crippen LogP contribution in [0.2, 0.25) is 0 Å². The maximum absolute atomic E-state index is 13.9. The first-order chi connectivity index (χ1) is 20.1. The van der Waals surface area contributed by atoms with Gasteiger partial charge in [-0.2, -0.15) is 0 Å². The summed E-state index contributed by atoms with van der Waals surface area (Å²) >= 11 is 0. The minimum atomic E-state index is -0.678. The second-order valence-corrected chi connectivity index (χ2v) is 9.77. The number of ether oxygens (including phenoxy) is 3. The molecule has 7 nitrogen and oxygen atoms in total. The highest BCUT2D eigenvalue weighted by atomic mass is 16.5. The summed E-state index contributed by atoms with van der Waals surface area (Å²) in [6.45, 7) is 2.97. The van der Waals surface area contributed by atoms with Crippen molar-refractivity contribution in [1.29, 1.82) is 0 Å². The molecule has 0 bridgehead atoms. The summed E-state index contributed by atoms with van der Waals surface area (Å²) in [6.07, 6.45) is 0. The molecule has 4 aromatic carbocycles. The molecule has 7 heteroatoms. The van der Waals surface area contributed by atoms with Crippen LogP contribution in [0.1, 0.15) is 45.8 Å². The van der Waals surface area contributed by atoms with Crippen LogP contribution >= 0.6 is 0 Å². The summed E-state index contributed by atoms with van der Waals surface area (Å²) < 4.78 is 23.5. The molecular formula is C34H29NO6. The fourth-order valence-electron chi connectivity index (χ4n) is 5.22. The van der Waals surface area contributed by atoms with Crippen molar-refractivity contribution in [2.75, 3.05) is 13.7 Å². The lowest BCUT2D eigenvalue weighted by Crippen LogP contribution is -2.29. The van der Waals surface area contributed by atoms with Gasteiger partial charge in [0.15, 0.2) is 16.9 Å². The highest BCUT2D eigenvalue weighted by Crippen LogP contribution is 2.42. The summed E-state index contributed by atoms with van der Waals surface area (Å²) in [7, 11) is 1.61. The van der Waals surface area contributed by atoms with E-state index in [4.69, 9.17) is 18.6 Å². The van der Waals surface area contributed by atoms with Crippen LogP contribution in [-0.4, -0.2) is 24.5 Å². The topological polar surface area (TPSA) is 78.2 Å². The highest BCUT2D eigenvalue weighted by molar-refractivity contribution is 5.99. The fourth-order valence-corrected chi connectivity index (χ4v) is 5.22. The molecule has 0 aliphatic carbocycles. The Bertz CT molecular complexity index is 1760. The van der Waals surface area contributed by atoms with Crippen molar-refractivity contribution in [3.05, 3.63) is 135 Å². The Morgan fingerprint density at radius 3 is 2.32 bits per heavy atom. The number of carbonyl (C=O) groups is 1. The van der Waals surface area contributed by atoms with Crippen molar-refractivity contribution >= 4 is 16.9 Å². The third kappa shape index (κ3) is 5.02. The fraction of sp³-hybridized carbons (Fsp3) is 0.176. The van der Waals surface area contributed by atoms with Crippen LogP contribution in [0.4, 0.5) is 0 Å². The molecule has 1 amide bonds. The normalized spacial score (nSPS) is 14.2. The molecule has 2 heterocycles. The molecule has 0 fully saturated rings. The van der Waals surface area contributed by atoms with Gasteiger partial charge in [0.2, 0.25) is 5.76 Å². The summed E-state index contributed by atoms with van der Waals surface area (Å²) in [5.41, 5.74) is 3.13. The largest absolute Gasteiger partial charge is 0.497 e.